The molecule has 0 bridgehead atoms. The first kappa shape index (κ1) is 18.2. The van der Waals surface area contributed by atoms with Gasteiger partial charge in [-0.15, -0.1) is 0 Å². The van der Waals surface area contributed by atoms with Gasteiger partial charge in [0.2, 0.25) is 0 Å². The van der Waals surface area contributed by atoms with Crippen LogP contribution < -0.4 is 0 Å². The van der Waals surface area contributed by atoms with E-state index in [1.807, 2.05) is 13.8 Å². The molecule has 3 rings (SSSR count). The predicted molar refractivity (Wildman–Crippen MR) is 91.8 cm³/mol. The largest absolute Gasteiger partial charge is 0.465 e. The third-order valence-electron chi connectivity index (χ3n) is 4.92. The third kappa shape index (κ3) is 3.36. The van der Waals surface area contributed by atoms with E-state index in [9.17, 15) is 14.4 Å². The van der Waals surface area contributed by atoms with Crippen molar-refractivity contribution >= 4 is 18.0 Å². The van der Waals surface area contributed by atoms with E-state index in [2.05, 4.69) is 9.72 Å². The second-order valence-electron chi connectivity index (χ2n) is 7.18. The zero-order valence-electron chi connectivity index (χ0n) is 15.2. The Labute approximate surface area is 152 Å². The van der Waals surface area contributed by atoms with E-state index in [1.54, 1.807) is 9.80 Å². The Kier molecular flexibility index (Phi) is 4.84. The molecule has 8 heteroatoms. The molecule has 0 saturated carbocycles. The van der Waals surface area contributed by atoms with Gasteiger partial charge in [-0.05, 0) is 38.8 Å². The van der Waals surface area contributed by atoms with Crippen LogP contribution in [-0.4, -0.2) is 71.1 Å². The topological polar surface area (TPSA) is 89.0 Å². The van der Waals surface area contributed by atoms with E-state index in [1.165, 1.54) is 25.4 Å². The Bertz CT molecular complexity index is 708. The molecule has 2 aliphatic heterocycles. The highest BCUT2D eigenvalue weighted by molar-refractivity contribution is 5.94. The molecule has 1 aromatic heterocycles. The summed E-state index contributed by atoms with van der Waals surface area (Å²) in [6, 6.07) is 3.13. The smallest absolute Gasteiger partial charge is 0.410 e. The van der Waals surface area contributed by atoms with Crippen LogP contribution in [0.5, 0.6) is 0 Å². The van der Waals surface area contributed by atoms with Gasteiger partial charge in [-0.1, -0.05) is 0 Å². The van der Waals surface area contributed by atoms with Crippen LogP contribution in [0, 0.1) is 0 Å². The van der Waals surface area contributed by atoms with Gasteiger partial charge in [0.1, 0.15) is 12.3 Å². The van der Waals surface area contributed by atoms with Gasteiger partial charge in [-0.2, -0.15) is 0 Å². The van der Waals surface area contributed by atoms with Crippen molar-refractivity contribution in [2.45, 2.75) is 38.3 Å². The molecular formula is C18H23N3O5. The highest BCUT2D eigenvalue weighted by Crippen LogP contribution is 2.30. The van der Waals surface area contributed by atoms with E-state index < -0.39 is 5.97 Å². The zero-order valence-corrected chi connectivity index (χ0v) is 15.2. The molecule has 0 radical (unpaired) electrons. The van der Waals surface area contributed by atoms with Gasteiger partial charge in [-0.25, -0.2) is 9.59 Å². The molecule has 0 aliphatic carbocycles. The number of ether oxygens (including phenoxy) is 2. The van der Waals surface area contributed by atoms with Crippen LogP contribution in [0.1, 0.15) is 47.5 Å². The fourth-order valence-corrected chi connectivity index (χ4v) is 3.52. The summed E-state index contributed by atoms with van der Waals surface area (Å²) in [4.78, 5) is 43.7. The van der Waals surface area contributed by atoms with Gasteiger partial charge in [0, 0.05) is 25.3 Å². The number of carbonyl (C=O) groups is 3. The molecule has 140 valence electrons. The molecule has 2 saturated heterocycles. The number of aromatic nitrogens is 1. The predicted octanol–water partition coefficient (Wildman–Crippen LogP) is 1.70. The third-order valence-corrected chi connectivity index (χ3v) is 4.92. The highest BCUT2D eigenvalue weighted by atomic mass is 16.6. The molecule has 8 nitrogen and oxygen atoms in total. The van der Waals surface area contributed by atoms with Gasteiger partial charge in [0.25, 0.3) is 5.91 Å². The Hall–Kier alpha value is -2.64. The molecule has 2 fully saturated rings. The number of rotatable bonds is 3. The van der Waals surface area contributed by atoms with E-state index in [0.717, 1.165) is 0 Å². The summed E-state index contributed by atoms with van der Waals surface area (Å²) in [5, 5.41) is 0. The lowest BCUT2D eigenvalue weighted by Gasteiger charge is -2.40. The summed E-state index contributed by atoms with van der Waals surface area (Å²) < 4.78 is 9.80. The Morgan fingerprint density at radius 1 is 1.27 bits per heavy atom. The van der Waals surface area contributed by atoms with Crippen LogP contribution in [0.25, 0.3) is 0 Å². The summed E-state index contributed by atoms with van der Waals surface area (Å²) >= 11 is 0. The van der Waals surface area contributed by atoms with Crippen LogP contribution in [0.4, 0.5) is 4.79 Å². The molecule has 0 unspecified atom stereocenters. The number of esters is 1. The summed E-state index contributed by atoms with van der Waals surface area (Å²) in [6.45, 7) is 5.46. The minimum absolute atomic E-state index is 0.0682. The van der Waals surface area contributed by atoms with Crippen molar-refractivity contribution in [2.75, 3.05) is 26.8 Å². The fourth-order valence-electron chi connectivity index (χ4n) is 3.52. The van der Waals surface area contributed by atoms with Crippen LogP contribution in [0.2, 0.25) is 0 Å². The van der Waals surface area contributed by atoms with E-state index in [4.69, 9.17) is 4.74 Å². The van der Waals surface area contributed by atoms with Gasteiger partial charge in [0.05, 0.1) is 18.2 Å². The molecule has 0 atom stereocenters. The first-order valence-electron chi connectivity index (χ1n) is 8.63. The molecule has 0 aromatic carbocycles. The lowest BCUT2D eigenvalue weighted by Crippen LogP contribution is -2.53. The first-order valence-corrected chi connectivity index (χ1v) is 8.63. The Morgan fingerprint density at radius 2 is 1.96 bits per heavy atom. The summed E-state index contributed by atoms with van der Waals surface area (Å²) in [6.07, 6.45) is 2.46. The number of pyridine rings is 1. The standard InChI is InChI=1S/C18H23N3O5/c1-18(2)11-26-17(24)21(18)13-6-8-20(9-7-13)15(22)14-5-4-12(10-19-14)16(23)25-3/h4-5,10,13H,6-9,11H2,1-3H3. The normalized spacial score (nSPS) is 20.0. The number of nitrogens with zero attached hydrogens (tertiary/aromatic N) is 3. The zero-order chi connectivity index (χ0) is 18.9. The Balaban J connectivity index is 1.62. The highest BCUT2D eigenvalue weighted by Gasteiger charge is 2.44. The van der Waals surface area contributed by atoms with Gasteiger partial charge in [-0.3, -0.25) is 14.7 Å². The number of methoxy groups -OCH3 is 1. The maximum Gasteiger partial charge on any atom is 0.410 e. The average molecular weight is 361 g/mol. The number of amides is 2. The maximum atomic E-state index is 12.6. The molecule has 2 amide bonds. The monoisotopic (exact) mass is 361 g/mol. The van der Waals surface area contributed by atoms with Crippen LogP contribution in [-0.2, 0) is 9.47 Å². The van der Waals surface area contributed by atoms with Crippen LogP contribution in [0.15, 0.2) is 18.3 Å². The van der Waals surface area contributed by atoms with Crippen molar-refractivity contribution in [3.05, 3.63) is 29.6 Å². The molecule has 2 aliphatic rings. The minimum atomic E-state index is -0.488. The number of piperidine rings is 1. The number of cyclic esters (lactones) is 1. The van der Waals surface area contributed by atoms with Crippen LogP contribution in [0.3, 0.4) is 0 Å². The van der Waals surface area contributed by atoms with Crippen molar-refractivity contribution < 1.29 is 23.9 Å². The van der Waals surface area contributed by atoms with Crippen molar-refractivity contribution in [1.29, 1.82) is 0 Å². The molecule has 3 heterocycles. The van der Waals surface area contributed by atoms with Crippen LogP contribution >= 0.6 is 0 Å². The van der Waals surface area contributed by atoms with E-state index in [-0.39, 0.29) is 29.3 Å². The van der Waals surface area contributed by atoms with Gasteiger partial charge >= 0.3 is 12.1 Å². The number of hydrogen-bond acceptors (Lipinski definition) is 6. The van der Waals surface area contributed by atoms with Crippen molar-refractivity contribution in [3.63, 3.8) is 0 Å². The molecular weight excluding hydrogens is 338 g/mol. The van der Waals surface area contributed by atoms with E-state index in [0.29, 0.717) is 38.1 Å². The SMILES string of the molecule is COC(=O)c1ccc(C(=O)N2CCC(N3C(=O)OCC3(C)C)CC2)nc1. The minimum Gasteiger partial charge on any atom is -0.465 e. The summed E-state index contributed by atoms with van der Waals surface area (Å²) in [7, 11) is 1.29. The van der Waals surface area contributed by atoms with Gasteiger partial charge in [0.15, 0.2) is 0 Å². The molecule has 0 spiro atoms. The number of hydrogen-bond donors (Lipinski definition) is 0. The second kappa shape index (κ2) is 6.93. The van der Waals surface area contributed by atoms with Gasteiger partial charge < -0.3 is 14.4 Å². The maximum absolute atomic E-state index is 12.6. The van der Waals surface area contributed by atoms with Crippen molar-refractivity contribution in [1.82, 2.24) is 14.8 Å². The molecule has 0 N–H and O–H groups in total. The second-order valence-corrected chi connectivity index (χ2v) is 7.18. The molecule has 1 aromatic rings. The molecule has 26 heavy (non-hydrogen) atoms. The lowest BCUT2D eigenvalue weighted by molar-refractivity contribution is 0.0574. The van der Waals surface area contributed by atoms with Crippen molar-refractivity contribution in [3.8, 4) is 0 Å². The quantitative estimate of drug-likeness (QED) is 0.762. The lowest BCUT2D eigenvalue weighted by atomic mass is 9.97. The number of carbonyl (C=O) groups excluding carboxylic acids is 3. The Morgan fingerprint density at radius 3 is 2.46 bits per heavy atom. The first-order chi connectivity index (χ1) is 12.3. The average Bonchev–Trinajstić information content (AvgIpc) is 2.93. The van der Waals surface area contributed by atoms with Crippen molar-refractivity contribution in [2.24, 2.45) is 0 Å². The summed E-state index contributed by atoms with van der Waals surface area (Å²) in [5.41, 5.74) is 0.272. The number of likely N-dealkylation sites (tertiary alicyclic amines) is 1. The van der Waals surface area contributed by atoms with E-state index >= 15 is 0 Å². The summed E-state index contributed by atoms with van der Waals surface area (Å²) in [5.74, 6) is -0.666. The fraction of sp³-hybridized carbons (Fsp3) is 0.556.